The van der Waals surface area contributed by atoms with Gasteiger partial charge in [-0.15, -0.1) is 0 Å². The molecule has 0 radical (unpaired) electrons. The Morgan fingerprint density at radius 1 is 1.15 bits per heavy atom. The van der Waals surface area contributed by atoms with Crippen molar-refractivity contribution in [2.24, 2.45) is 0 Å². The molecule has 5 nitrogen and oxygen atoms in total. The van der Waals surface area contributed by atoms with Gasteiger partial charge in [0.15, 0.2) is 12.0 Å². The third-order valence-electron chi connectivity index (χ3n) is 2.74. The Hall–Kier alpha value is -1.95. The van der Waals surface area contributed by atoms with Crippen LogP contribution in [0.15, 0.2) is 24.3 Å². The first-order chi connectivity index (χ1) is 9.45. The summed E-state index contributed by atoms with van der Waals surface area (Å²) in [6.07, 6.45) is -1.30. The molecule has 7 heteroatoms. The highest BCUT2D eigenvalue weighted by Crippen LogP contribution is 2.20. The molecule has 1 aromatic heterocycles. The van der Waals surface area contributed by atoms with E-state index in [1.165, 1.54) is 6.92 Å². The van der Waals surface area contributed by atoms with Gasteiger partial charge < -0.3 is 11.1 Å². The monoisotopic (exact) mass is 295 g/mol. The molecule has 0 bridgehead atoms. The van der Waals surface area contributed by atoms with Crippen LogP contribution in [0.25, 0.3) is 0 Å². The lowest BCUT2D eigenvalue weighted by Gasteiger charge is -2.15. The number of nitrogens with zero attached hydrogens (tertiary/aromatic N) is 3. The number of anilines is 2. The number of rotatable bonds is 4. The normalized spacial score (nSPS) is 13.8. The van der Waals surface area contributed by atoms with E-state index in [0.29, 0.717) is 5.02 Å². The minimum Gasteiger partial charge on any atom is -0.368 e. The van der Waals surface area contributed by atoms with Crippen molar-refractivity contribution in [3.05, 3.63) is 40.7 Å². The highest BCUT2D eigenvalue weighted by molar-refractivity contribution is 6.30. The summed E-state index contributed by atoms with van der Waals surface area (Å²) in [6, 6.07) is 7.31. The molecular formula is C13H15ClFN5. The second kappa shape index (κ2) is 6.00. The lowest BCUT2D eigenvalue weighted by Crippen LogP contribution is -2.13. The van der Waals surface area contributed by atoms with Gasteiger partial charge in [0.2, 0.25) is 11.9 Å². The minimum absolute atomic E-state index is 0.00898. The number of nitrogens with one attached hydrogen (secondary N) is 1. The molecule has 0 saturated carbocycles. The highest BCUT2D eigenvalue weighted by atomic mass is 35.5. The number of nitrogens with two attached hydrogens (primary N) is 1. The fourth-order valence-electron chi connectivity index (χ4n) is 1.68. The predicted octanol–water partition coefficient (Wildman–Crippen LogP) is 3.31. The van der Waals surface area contributed by atoms with Gasteiger partial charge in [-0.1, -0.05) is 23.7 Å². The minimum atomic E-state index is -1.30. The summed E-state index contributed by atoms with van der Waals surface area (Å²) in [4.78, 5) is 11.7. The SMILES string of the molecule is CC(F)c1nc(N)nc(N[C@H](C)c2ccc(Cl)cc2)n1. The van der Waals surface area contributed by atoms with Crippen LogP contribution in [0.3, 0.4) is 0 Å². The van der Waals surface area contributed by atoms with Crippen molar-refractivity contribution >= 4 is 23.5 Å². The summed E-state index contributed by atoms with van der Waals surface area (Å²) >= 11 is 5.84. The standard InChI is InChI=1S/C13H15ClFN5/c1-7(15)11-18-12(16)20-13(19-11)17-8(2)9-3-5-10(14)6-4-9/h3-8H,1-2H3,(H3,16,17,18,19,20)/t7?,8-/m1/s1. The van der Waals surface area contributed by atoms with E-state index >= 15 is 0 Å². The zero-order chi connectivity index (χ0) is 14.7. The van der Waals surface area contributed by atoms with Crippen molar-refractivity contribution in [2.45, 2.75) is 26.1 Å². The van der Waals surface area contributed by atoms with Crippen LogP contribution in [-0.4, -0.2) is 15.0 Å². The van der Waals surface area contributed by atoms with Crippen LogP contribution in [0.1, 0.15) is 37.4 Å². The quantitative estimate of drug-likeness (QED) is 0.905. The second-order valence-corrected chi connectivity index (χ2v) is 4.85. The third-order valence-corrected chi connectivity index (χ3v) is 2.99. The number of hydrogen-bond donors (Lipinski definition) is 2. The molecule has 0 saturated heterocycles. The van der Waals surface area contributed by atoms with Gasteiger partial charge in [-0.3, -0.25) is 0 Å². The molecule has 0 aliphatic rings. The largest absolute Gasteiger partial charge is 0.368 e. The molecule has 20 heavy (non-hydrogen) atoms. The first kappa shape index (κ1) is 14.5. The summed E-state index contributed by atoms with van der Waals surface area (Å²) in [6.45, 7) is 3.28. The van der Waals surface area contributed by atoms with E-state index in [1.807, 2.05) is 19.1 Å². The van der Waals surface area contributed by atoms with E-state index in [-0.39, 0.29) is 23.8 Å². The van der Waals surface area contributed by atoms with Crippen molar-refractivity contribution in [2.75, 3.05) is 11.1 Å². The Morgan fingerprint density at radius 3 is 2.40 bits per heavy atom. The van der Waals surface area contributed by atoms with E-state index in [9.17, 15) is 4.39 Å². The fraction of sp³-hybridized carbons (Fsp3) is 0.308. The van der Waals surface area contributed by atoms with E-state index < -0.39 is 6.17 Å². The van der Waals surface area contributed by atoms with Crippen molar-refractivity contribution < 1.29 is 4.39 Å². The van der Waals surface area contributed by atoms with Crippen molar-refractivity contribution in [1.29, 1.82) is 0 Å². The smallest absolute Gasteiger partial charge is 0.228 e. The van der Waals surface area contributed by atoms with E-state index in [2.05, 4.69) is 20.3 Å². The van der Waals surface area contributed by atoms with Crippen LogP contribution < -0.4 is 11.1 Å². The molecule has 2 aromatic rings. The molecule has 0 aliphatic carbocycles. The van der Waals surface area contributed by atoms with Gasteiger partial charge in [-0.05, 0) is 31.5 Å². The Balaban J connectivity index is 2.18. The molecule has 1 unspecified atom stereocenters. The number of alkyl halides is 1. The van der Waals surface area contributed by atoms with Crippen LogP contribution in [0.5, 0.6) is 0 Å². The molecule has 106 valence electrons. The maximum absolute atomic E-state index is 13.2. The van der Waals surface area contributed by atoms with E-state index in [0.717, 1.165) is 5.56 Å². The van der Waals surface area contributed by atoms with Gasteiger partial charge in [-0.2, -0.15) is 15.0 Å². The number of hydrogen-bond acceptors (Lipinski definition) is 5. The number of nitrogen functional groups attached to an aromatic ring is 1. The highest BCUT2D eigenvalue weighted by Gasteiger charge is 2.13. The topological polar surface area (TPSA) is 76.7 Å². The van der Waals surface area contributed by atoms with Crippen LogP contribution in [0.2, 0.25) is 5.02 Å². The van der Waals surface area contributed by atoms with Crippen LogP contribution >= 0.6 is 11.6 Å². The zero-order valence-electron chi connectivity index (χ0n) is 11.1. The number of halogens is 2. The van der Waals surface area contributed by atoms with Gasteiger partial charge >= 0.3 is 0 Å². The average molecular weight is 296 g/mol. The predicted molar refractivity (Wildman–Crippen MR) is 77.3 cm³/mol. The zero-order valence-corrected chi connectivity index (χ0v) is 11.9. The summed E-state index contributed by atoms with van der Waals surface area (Å²) in [7, 11) is 0. The second-order valence-electron chi connectivity index (χ2n) is 4.41. The molecule has 0 aliphatic heterocycles. The average Bonchev–Trinajstić information content (AvgIpc) is 2.38. The fourth-order valence-corrected chi connectivity index (χ4v) is 1.81. The Labute approximate surface area is 121 Å². The van der Waals surface area contributed by atoms with Gasteiger partial charge in [-0.25, -0.2) is 4.39 Å². The summed E-state index contributed by atoms with van der Waals surface area (Å²) in [5.74, 6) is 0.257. The molecule has 1 aromatic carbocycles. The third kappa shape index (κ3) is 3.54. The lowest BCUT2D eigenvalue weighted by atomic mass is 10.1. The van der Waals surface area contributed by atoms with Gasteiger partial charge in [0.1, 0.15) is 0 Å². The van der Waals surface area contributed by atoms with Crippen LogP contribution in [0.4, 0.5) is 16.3 Å². The summed E-state index contributed by atoms with van der Waals surface area (Å²) in [5.41, 5.74) is 6.55. The molecule has 0 amide bonds. The van der Waals surface area contributed by atoms with Gasteiger partial charge in [0.25, 0.3) is 0 Å². The summed E-state index contributed by atoms with van der Waals surface area (Å²) < 4.78 is 13.2. The van der Waals surface area contributed by atoms with Gasteiger partial charge in [0, 0.05) is 5.02 Å². The molecule has 2 rings (SSSR count). The Morgan fingerprint density at radius 2 is 1.80 bits per heavy atom. The van der Waals surface area contributed by atoms with Crippen molar-refractivity contribution in [3.8, 4) is 0 Å². The molecule has 1 heterocycles. The number of benzene rings is 1. The molecular weight excluding hydrogens is 281 g/mol. The van der Waals surface area contributed by atoms with Crippen LogP contribution in [0, 0.1) is 0 Å². The van der Waals surface area contributed by atoms with E-state index in [1.54, 1.807) is 12.1 Å². The Bertz CT molecular complexity index is 588. The molecule has 0 fully saturated rings. The maximum Gasteiger partial charge on any atom is 0.228 e. The molecule has 2 atom stereocenters. The first-order valence-corrected chi connectivity index (χ1v) is 6.51. The van der Waals surface area contributed by atoms with Crippen LogP contribution in [-0.2, 0) is 0 Å². The lowest BCUT2D eigenvalue weighted by molar-refractivity contribution is 0.356. The van der Waals surface area contributed by atoms with Crippen molar-refractivity contribution in [3.63, 3.8) is 0 Å². The van der Waals surface area contributed by atoms with Crippen molar-refractivity contribution in [1.82, 2.24) is 15.0 Å². The Kier molecular flexibility index (Phi) is 4.34. The molecule has 3 N–H and O–H groups in total. The first-order valence-electron chi connectivity index (χ1n) is 6.13. The number of aromatic nitrogens is 3. The molecule has 0 spiro atoms. The van der Waals surface area contributed by atoms with Gasteiger partial charge in [0.05, 0.1) is 6.04 Å². The summed E-state index contributed by atoms with van der Waals surface area (Å²) in [5, 5.41) is 3.73. The van der Waals surface area contributed by atoms with E-state index in [4.69, 9.17) is 17.3 Å². The maximum atomic E-state index is 13.2.